The Hall–Kier alpha value is -1.93. The number of nitrogens with zero attached hydrogens (tertiary/aromatic N) is 2. The van der Waals surface area contributed by atoms with Crippen LogP contribution in [0, 0.1) is 0 Å². The molecule has 88 valence electrons. The third-order valence-electron chi connectivity index (χ3n) is 1.75. The highest BCUT2D eigenvalue weighted by Crippen LogP contribution is 1.99. The summed E-state index contributed by atoms with van der Waals surface area (Å²) in [4.78, 5) is 26.5. The molecule has 0 aliphatic rings. The maximum absolute atomic E-state index is 11.3. The lowest BCUT2D eigenvalue weighted by molar-refractivity contribution is -0.151. The van der Waals surface area contributed by atoms with Gasteiger partial charge in [0.2, 0.25) is 5.88 Å². The second-order valence-electron chi connectivity index (χ2n) is 2.78. The SMILES string of the molecule is COc1ccc(=O)n(CCC(=O)ONN)n1. The molecule has 0 radical (unpaired) electrons. The Morgan fingerprint density at radius 2 is 2.38 bits per heavy atom. The van der Waals surface area contributed by atoms with E-state index >= 15 is 0 Å². The van der Waals surface area contributed by atoms with Crippen molar-refractivity contribution in [3.05, 3.63) is 22.5 Å². The molecule has 3 N–H and O–H groups in total. The van der Waals surface area contributed by atoms with Gasteiger partial charge in [-0.2, -0.15) is 0 Å². The van der Waals surface area contributed by atoms with E-state index in [2.05, 4.69) is 9.94 Å². The second-order valence-corrected chi connectivity index (χ2v) is 2.78. The summed E-state index contributed by atoms with van der Waals surface area (Å²) in [6, 6.07) is 2.75. The van der Waals surface area contributed by atoms with Crippen LogP contribution >= 0.6 is 0 Å². The van der Waals surface area contributed by atoms with Gasteiger partial charge in [0, 0.05) is 12.1 Å². The number of rotatable bonds is 5. The first-order chi connectivity index (χ1) is 7.67. The van der Waals surface area contributed by atoms with E-state index in [0.717, 1.165) is 4.68 Å². The Morgan fingerprint density at radius 1 is 1.62 bits per heavy atom. The number of carbonyl (C=O) groups excluding carboxylic acids is 1. The maximum Gasteiger partial charge on any atom is 0.328 e. The predicted molar refractivity (Wildman–Crippen MR) is 53.1 cm³/mol. The van der Waals surface area contributed by atoms with Gasteiger partial charge >= 0.3 is 5.97 Å². The van der Waals surface area contributed by atoms with Crippen molar-refractivity contribution in [1.29, 1.82) is 0 Å². The molecular formula is C8H12N4O4. The van der Waals surface area contributed by atoms with E-state index in [-0.39, 0.29) is 18.5 Å². The summed E-state index contributed by atoms with van der Waals surface area (Å²) in [6.45, 7) is 0.0938. The maximum atomic E-state index is 11.3. The molecule has 0 bridgehead atoms. The molecule has 16 heavy (non-hydrogen) atoms. The summed E-state index contributed by atoms with van der Waals surface area (Å²) in [5, 5.41) is 3.85. The van der Waals surface area contributed by atoms with Crippen molar-refractivity contribution in [3.8, 4) is 5.88 Å². The Kier molecular flexibility index (Phi) is 4.42. The van der Waals surface area contributed by atoms with Gasteiger partial charge in [-0.3, -0.25) is 9.59 Å². The minimum absolute atomic E-state index is 0.0235. The first kappa shape index (κ1) is 12.1. The fourth-order valence-corrected chi connectivity index (χ4v) is 1.01. The van der Waals surface area contributed by atoms with Crippen molar-refractivity contribution in [2.45, 2.75) is 13.0 Å². The van der Waals surface area contributed by atoms with Crippen LogP contribution in [-0.4, -0.2) is 22.9 Å². The number of nitrogens with two attached hydrogens (primary N) is 1. The zero-order valence-electron chi connectivity index (χ0n) is 8.67. The van der Waals surface area contributed by atoms with Crippen molar-refractivity contribution >= 4 is 5.97 Å². The van der Waals surface area contributed by atoms with Crippen LogP contribution in [0.25, 0.3) is 0 Å². The third-order valence-corrected chi connectivity index (χ3v) is 1.75. The molecule has 0 spiro atoms. The van der Waals surface area contributed by atoms with E-state index in [1.165, 1.54) is 19.2 Å². The molecule has 1 aromatic heterocycles. The van der Waals surface area contributed by atoms with Gasteiger partial charge in [-0.05, 0) is 0 Å². The number of hydrogen-bond donors (Lipinski definition) is 2. The molecule has 0 amide bonds. The highest BCUT2D eigenvalue weighted by molar-refractivity contribution is 5.68. The van der Waals surface area contributed by atoms with Gasteiger partial charge in [0.25, 0.3) is 5.56 Å². The minimum Gasteiger partial charge on any atom is -0.480 e. The van der Waals surface area contributed by atoms with Crippen molar-refractivity contribution in [2.24, 2.45) is 5.84 Å². The van der Waals surface area contributed by atoms with Gasteiger partial charge in [-0.15, -0.1) is 5.10 Å². The molecule has 0 atom stereocenters. The van der Waals surface area contributed by atoms with Crippen LogP contribution < -0.4 is 21.7 Å². The fourth-order valence-electron chi connectivity index (χ4n) is 1.01. The standard InChI is InChI=1S/C8H12N4O4/c1-15-6-2-3-7(13)12(10-6)5-4-8(14)16-11-9/h2-3,11H,4-5,9H2,1H3. The van der Waals surface area contributed by atoms with Crippen molar-refractivity contribution in [1.82, 2.24) is 15.4 Å². The number of nitrogens with one attached hydrogen (secondary N) is 1. The molecule has 0 saturated carbocycles. The number of hydrazine groups is 1. The van der Waals surface area contributed by atoms with Crippen LogP contribution in [0.4, 0.5) is 0 Å². The number of carbonyl (C=O) groups is 1. The largest absolute Gasteiger partial charge is 0.480 e. The summed E-state index contributed by atoms with van der Waals surface area (Å²) in [5.74, 6) is 4.49. The molecule has 8 nitrogen and oxygen atoms in total. The number of aromatic nitrogens is 2. The van der Waals surface area contributed by atoms with E-state index < -0.39 is 5.97 Å². The second kappa shape index (κ2) is 5.83. The van der Waals surface area contributed by atoms with Crippen LogP contribution in [0.5, 0.6) is 5.88 Å². The minimum atomic E-state index is -0.584. The summed E-state index contributed by atoms with van der Waals surface area (Å²) in [6.07, 6.45) is -0.0235. The number of methoxy groups -OCH3 is 1. The highest BCUT2D eigenvalue weighted by atomic mass is 16.7. The van der Waals surface area contributed by atoms with Crippen molar-refractivity contribution < 1.29 is 14.4 Å². The summed E-state index contributed by atoms with van der Waals surface area (Å²) >= 11 is 0. The smallest absolute Gasteiger partial charge is 0.328 e. The topological polar surface area (TPSA) is 108 Å². The van der Waals surface area contributed by atoms with E-state index in [9.17, 15) is 9.59 Å². The summed E-state index contributed by atoms with van der Waals surface area (Å²) in [7, 11) is 1.43. The van der Waals surface area contributed by atoms with Gasteiger partial charge < -0.3 is 9.57 Å². The molecule has 0 fully saturated rings. The molecular weight excluding hydrogens is 216 g/mol. The van der Waals surface area contributed by atoms with Gasteiger partial charge in [-0.25, -0.2) is 10.5 Å². The molecule has 0 unspecified atom stereocenters. The predicted octanol–water partition coefficient (Wildman–Crippen LogP) is -1.44. The molecule has 1 aromatic rings. The summed E-state index contributed by atoms with van der Waals surface area (Å²) in [5.41, 5.74) is 1.43. The molecule has 0 aliphatic heterocycles. The van der Waals surface area contributed by atoms with Gasteiger partial charge in [-0.1, -0.05) is 5.59 Å². The highest BCUT2D eigenvalue weighted by Gasteiger charge is 2.05. The van der Waals surface area contributed by atoms with Crippen molar-refractivity contribution in [3.63, 3.8) is 0 Å². The molecule has 1 rings (SSSR count). The lowest BCUT2D eigenvalue weighted by atomic mass is 10.4. The van der Waals surface area contributed by atoms with Crippen molar-refractivity contribution in [2.75, 3.05) is 7.11 Å². The van der Waals surface area contributed by atoms with Crippen LogP contribution in [0.1, 0.15) is 6.42 Å². The molecule has 1 heterocycles. The molecule has 0 aromatic carbocycles. The summed E-state index contributed by atoms with van der Waals surface area (Å²) < 4.78 is 5.95. The average molecular weight is 228 g/mol. The van der Waals surface area contributed by atoms with Crippen LogP contribution in [0.15, 0.2) is 16.9 Å². The zero-order valence-corrected chi connectivity index (χ0v) is 8.67. The zero-order chi connectivity index (χ0) is 12.0. The van der Waals surface area contributed by atoms with E-state index in [0.29, 0.717) is 5.88 Å². The quantitative estimate of drug-likeness (QED) is 0.469. The monoisotopic (exact) mass is 228 g/mol. The average Bonchev–Trinajstić information content (AvgIpc) is 2.28. The third kappa shape index (κ3) is 3.33. The van der Waals surface area contributed by atoms with Gasteiger partial charge in [0.15, 0.2) is 0 Å². The Labute approximate surface area is 90.9 Å². The molecule has 0 saturated heterocycles. The lowest BCUT2D eigenvalue weighted by Crippen LogP contribution is -2.28. The van der Waals surface area contributed by atoms with Gasteiger partial charge in [0.05, 0.1) is 20.1 Å². The molecule has 8 heteroatoms. The number of ether oxygens (including phenoxy) is 1. The lowest BCUT2D eigenvalue weighted by Gasteiger charge is -2.05. The number of aryl methyl sites for hydroxylation is 1. The van der Waals surface area contributed by atoms with Gasteiger partial charge in [0.1, 0.15) is 0 Å². The number of hydrogen-bond acceptors (Lipinski definition) is 7. The first-order valence-electron chi connectivity index (χ1n) is 4.45. The van der Waals surface area contributed by atoms with Crippen LogP contribution in [-0.2, 0) is 16.2 Å². The normalized spacial score (nSPS) is 9.88. The molecule has 0 aliphatic carbocycles. The van der Waals surface area contributed by atoms with E-state index in [4.69, 9.17) is 10.6 Å². The van der Waals surface area contributed by atoms with E-state index in [1.807, 2.05) is 0 Å². The van der Waals surface area contributed by atoms with Crippen LogP contribution in [0.3, 0.4) is 0 Å². The van der Waals surface area contributed by atoms with Crippen LogP contribution in [0.2, 0.25) is 0 Å². The Balaban J connectivity index is 2.66. The first-order valence-corrected chi connectivity index (χ1v) is 4.45. The Bertz CT molecular complexity index is 417. The fraction of sp³-hybridized carbons (Fsp3) is 0.375. The Morgan fingerprint density at radius 3 is 3.00 bits per heavy atom. The van der Waals surface area contributed by atoms with E-state index in [1.54, 1.807) is 5.59 Å².